The minimum Gasteiger partial charge on any atom is -0.377 e. The van der Waals surface area contributed by atoms with Crippen LogP contribution in [0.3, 0.4) is 0 Å². The van der Waals surface area contributed by atoms with Crippen molar-refractivity contribution in [3.05, 3.63) is 23.9 Å². The monoisotopic (exact) mass is 263 g/mol. The van der Waals surface area contributed by atoms with E-state index in [2.05, 4.69) is 34.3 Å². The lowest BCUT2D eigenvalue weighted by Gasteiger charge is -2.32. The van der Waals surface area contributed by atoms with Crippen molar-refractivity contribution in [3.63, 3.8) is 0 Å². The highest BCUT2D eigenvalue weighted by Gasteiger charge is 2.20. The average molecular weight is 263 g/mol. The molecule has 2 rings (SSSR count). The van der Waals surface area contributed by atoms with Crippen molar-refractivity contribution >= 4 is 5.82 Å². The van der Waals surface area contributed by atoms with Crippen LogP contribution in [0, 0.1) is 0 Å². The first kappa shape index (κ1) is 14.3. The van der Waals surface area contributed by atoms with E-state index >= 15 is 0 Å². The molecule has 1 fully saturated rings. The van der Waals surface area contributed by atoms with Gasteiger partial charge in [0.25, 0.3) is 0 Å². The molecule has 0 aromatic carbocycles. The third kappa shape index (κ3) is 4.48. The van der Waals surface area contributed by atoms with Crippen molar-refractivity contribution in [1.29, 1.82) is 0 Å². The molecule has 0 radical (unpaired) electrons. The minimum atomic E-state index is 0.404. The quantitative estimate of drug-likeness (QED) is 0.856. The highest BCUT2D eigenvalue weighted by atomic mass is 16.5. The zero-order valence-corrected chi connectivity index (χ0v) is 12.1. The Morgan fingerprint density at radius 2 is 2.37 bits per heavy atom. The summed E-state index contributed by atoms with van der Waals surface area (Å²) in [5.41, 5.74) is 1.13. The first-order valence-electron chi connectivity index (χ1n) is 7.29. The number of ether oxygens (including phenoxy) is 1. The van der Waals surface area contributed by atoms with Gasteiger partial charge in [0, 0.05) is 26.7 Å². The Kier molecular flexibility index (Phi) is 5.61. The molecule has 0 bridgehead atoms. The second-order valence-corrected chi connectivity index (χ2v) is 5.13. The molecule has 1 saturated heterocycles. The van der Waals surface area contributed by atoms with E-state index in [9.17, 15) is 0 Å². The number of hydrogen-bond acceptors (Lipinski definition) is 4. The Bertz CT molecular complexity index is 383. The summed E-state index contributed by atoms with van der Waals surface area (Å²) < 4.78 is 5.87. The second-order valence-electron chi connectivity index (χ2n) is 5.13. The molecular formula is C15H25N3O. The van der Waals surface area contributed by atoms with Crippen molar-refractivity contribution in [2.45, 2.75) is 38.8 Å². The molecule has 1 aliphatic heterocycles. The van der Waals surface area contributed by atoms with E-state index in [0.717, 1.165) is 44.2 Å². The van der Waals surface area contributed by atoms with E-state index in [1.54, 1.807) is 0 Å². The summed E-state index contributed by atoms with van der Waals surface area (Å²) in [7, 11) is 1.90. The number of piperidine rings is 1. The van der Waals surface area contributed by atoms with E-state index in [1.165, 1.54) is 12.8 Å². The largest absolute Gasteiger partial charge is 0.377 e. The predicted octanol–water partition coefficient (Wildman–Crippen LogP) is 2.51. The number of rotatable bonds is 6. The topological polar surface area (TPSA) is 37.4 Å². The van der Waals surface area contributed by atoms with Crippen LogP contribution >= 0.6 is 0 Å². The summed E-state index contributed by atoms with van der Waals surface area (Å²) >= 11 is 0. The summed E-state index contributed by atoms with van der Waals surface area (Å²) in [6.07, 6.45) is 3.92. The van der Waals surface area contributed by atoms with E-state index in [-0.39, 0.29) is 0 Å². The van der Waals surface area contributed by atoms with Gasteiger partial charge in [0.05, 0.1) is 11.8 Å². The fourth-order valence-electron chi connectivity index (χ4n) is 2.51. The standard InChI is InChI=1S/C15H25N3O/c1-3-10-19-14-7-5-9-18(12-14)11-13-6-4-8-15(16-2)17-13/h4,6,8,14H,3,5,7,9-12H2,1-2H3,(H,16,17). The summed E-state index contributed by atoms with van der Waals surface area (Å²) in [5, 5.41) is 3.09. The lowest BCUT2D eigenvalue weighted by Crippen LogP contribution is -2.39. The number of nitrogens with one attached hydrogen (secondary N) is 1. The molecule has 106 valence electrons. The maximum Gasteiger partial charge on any atom is 0.126 e. The van der Waals surface area contributed by atoms with Gasteiger partial charge < -0.3 is 10.1 Å². The van der Waals surface area contributed by atoms with Crippen LogP contribution in [0.5, 0.6) is 0 Å². The molecule has 4 heteroatoms. The summed E-state index contributed by atoms with van der Waals surface area (Å²) in [6.45, 7) is 6.14. The van der Waals surface area contributed by atoms with Crippen molar-refractivity contribution in [3.8, 4) is 0 Å². The van der Waals surface area contributed by atoms with Crippen LogP contribution in [0.15, 0.2) is 18.2 Å². The van der Waals surface area contributed by atoms with Crippen molar-refractivity contribution in [2.75, 3.05) is 32.1 Å². The number of pyridine rings is 1. The highest BCUT2D eigenvalue weighted by Crippen LogP contribution is 2.16. The SMILES string of the molecule is CCCOC1CCCN(Cc2cccc(NC)n2)C1. The van der Waals surface area contributed by atoms with Gasteiger partial charge in [0.15, 0.2) is 0 Å². The maximum atomic E-state index is 5.87. The molecule has 1 aromatic heterocycles. The molecule has 1 unspecified atom stereocenters. The molecule has 1 aliphatic rings. The number of aromatic nitrogens is 1. The summed E-state index contributed by atoms with van der Waals surface area (Å²) in [4.78, 5) is 7.03. The molecule has 19 heavy (non-hydrogen) atoms. The first-order valence-corrected chi connectivity index (χ1v) is 7.29. The van der Waals surface area contributed by atoms with Crippen molar-refractivity contribution in [2.24, 2.45) is 0 Å². The molecule has 1 atom stereocenters. The Balaban J connectivity index is 1.87. The summed E-state index contributed by atoms with van der Waals surface area (Å²) in [6, 6.07) is 6.15. The van der Waals surface area contributed by atoms with Gasteiger partial charge in [-0.05, 0) is 37.9 Å². The number of hydrogen-bond donors (Lipinski definition) is 1. The fourth-order valence-corrected chi connectivity index (χ4v) is 2.51. The first-order chi connectivity index (χ1) is 9.31. The highest BCUT2D eigenvalue weighted by molar-refractivity contribution is 5.34. The van der Waals surface area contributed by atoms with E-state index in [0.29, 0.717) is 6.10 Å². The third-order valence-corrected chi connectivity index (χ3v) is 3.47. The van der Waals surface area contributed by atoms with Gasteiger partial charge >= 0.3 is 0 Å². The molecule has 0 aliphatic carbocycles. The average Bonchev–Trinajstić information content (AvgIpc) is 2.46. The van der Waals surface area contributed by atoms with Gasteiger partial charge in [-0.3, -0.25) is 4.90 Å². The van der Waals surface area contributed by atoms with Crippen molar-refractivity contribution in [1.82, 2.24) is 9.88 Å². The van der Waals surface area contributed by atoms with Gasteiger partial charge in [-0.15, -0.1) is 0 Å². The molecule has 2 heterocycles. The number of nitrogens with zero attached hydrogens (tertiary/aromatic N) is 2. The zero-order valence-electron chi connectivity index (χ0n) is 12.1. The minimum absolute atomic E-state index is 0.404. The van der Waals surface area contributed by atoms with Crippen molar-refractivity contribution < 1.29 is 4.74 Å². The van der Waals surface area contributed by atoms with E-state index in [1.807, 2.05) is 13.1 Å². The molecule has 0 amide bonds. The third-order valence-electron chi connectivity index (χ3n) is 3.47. The van der Waals surface area contributed by atoms with Crippen LogP contribution < -0.4 is 5.32 Å². The Morgan fingerprint density at radius 3 is 3.16 bits per heavy atom. The molecule has 1 aromatic rings. The number of likely N-dealkylation sites (tertiary alicyclic amines) is 1. The van der Waals surface area contributed by atoms with Crippen LogP contribution in [-0.4, -0.2) is 42.7 Å². The van der Waals surface area contributed by atoms with Gasteiger partial charge in [-0.2, -0.15) is 0 Å². The molecule has 1 N–H and O–H groups in total. The van der Waals surface area contributed by atoms with Gasteiger partial charge in [-0.1, -0.05) is 13.0 Å². The molecule has 4 nitrogen and oxygen atoms in total. The van der Waals surface area contributed by atoms with Gasteiger partial charge in [-0.25, -0.2) is 4.98 Å². The molecule has 0 spiro atoms. The molecular weight excluding hydrogens is 238 g/mol. The Hall–Kier alpha value is -1.13. The lowest BCUT2D eigenvalue weighted by atomic mass is 10.1. The van der Waals surface area contributed by atoms with E-state index in [4.69, 9.17) is 4.74 Å². The molecule has 0 saturated carbocycles. The Labute approximate surface area is 116 Å². The second kappa shape index (κ2) is 7.46. The number of anilines is 1. The normalized spacial score (nSPS) is 20.4. The van der Waals surface area contributed by atoms with Crippen LogP contribution in [0.1, 0.15) is 31.9 Å². The van der Waals surface area contributed by atoms with Gasteiger partial charge in [0.2, 0.25) is 0 Å². The van der Waals surface area contributed by atoms with Crippen LogP contribution in [0.25, 0.3) is 0 Å². The maximum absolute atomic E-state index is 5.87. The Morgan fingerprint density at radius 1 is 1.47 bits per heavy atom. The van der Waals surface area contributed by atoms with Crippen LogP contribution in [-0.2, 0) is 11.3 Å². The smallest absolute Gasteiger partial charge is 0.126 e. The lowest BCUT2D eigenvalue weighted by molar-refractivity contribution is -0.00251. The fraction of sp³-hybridized carbons (Fsp3) is 0.667. The van der Waals surface area contributed by atoms with Gasteiger partial charge in [0.1, 0.15) is 5.82 Å². The predicted molar refractivity (Wildman–Crippen MR) is 78.3 cm³/mol. The van der Waals surface area contributed by atoms with Crippen LogP contribution in [0.2, 0.25) is 0 Å². The summed E-state index contributed by atoms with van der Waals surface area (Å²) in [5.74, 6) is 0.938. The van der Waals surface area contributed by atoms with Crippen LogP contribution in [0.4, 0.5) is 5.82 Å². The van der Waals surface area contributed by atoms with E-state index < -0.39 is 0 Å². The zero-order chi connectivity index (χ0) is 13.5.